The highest BCUT2D eigenvalue weighted by Crippen LogP contribution is 2.33. The molecule has 0 aliphatic heterocycles. The first-order chi connectivity index (χ1) is 13.3. The van der Waals surface area contributed by atoms with Gasteiger partial charge in [0.15, 0.2) is 6.61 Å². The molecule has 132 valence electrons. The number of hydrogen-bond donors (Lipinski definition) is 1. The largest absolute Gasteiger partial charge is 0.481 e. The zero-order valence-electron chi connectivity index (χ0n) is 14.6. The SMILES string of the molecule is O=C(COc1cccnc1-c1cccc2ccccc12)Nc1ccccc1. The van der Waals surface area contributed by atoms with Gasteiger partial charge in [0.2, 0.25) is 0 Å². The third-order valence-electron chi connectivity index (χ3n) is 4.23. The zero-order chi connectivity index (χ0) is 18.5. The molecular weight excluding hydrogens is 336 g/mol. The highest BCUT2D eigenvalue weighted by atomic mass is 16.5. The van der Waals surface area contributed by atoms with Crippen LogP contribution < -0.4 is 10.1 Å². The molecule has 0 saturated carbocycles. The number of amides is 1. The Bertz CT molecular complexity index is 1070. The maximum atomic E-state index is 12.2. The summed E-state index contributed by atoms with van der Waals surface area (Å²) in [6.45, 7) is -0.0850. The number of anilines is 1. The second-order valence-electron chi connectivity index (χ2n) is 6.08. The standard InChI is InChI=1S/C23H18N2O2/c26-22(25-18-10-2-1-3-11-18)16-27-21-14-7-15-24-23(21)20-13-6-9-17-8-4-5-12-19(17)20/h1-15H,16H2,(H,25,26). The fourth-order valence-electron chi connectivity index (χ4n) is 3.00. The van der Waals surface area contributed by atoms with E-state index in [0.717, 1.165) is 27.7 Å². The molecule has 0 spiro atoms. The van der Waals surface area contributed by atoms with Crippen molar-refractivity contribution in [3.63, 3.8) is 0 Å². The number of nitrogens with zero attached hydrogens (tertiary/aromatic N) is 1. The Morgan fingerprint density at radius 1 is 0.852 bits per heavy atom. The fraction of sp³-hybridized carbons (Fsp3) is 0.0435. The van der Waals surface area contributed by atoms with Crippen LogP contribution in [0, 0.1) is 0 Å². The summed E-state index contributed by atoms with van der Waals surface area (Å²) in [4.78, 5) is 16.7. The molecule has 0 bridgehead atoms. The molecule has 0 saturated heterocycles. The topological polar surface area (TPSA) is 51.2 Å². The average Bonchev–Trinajstić information content (AvgIpc) is 2.73. The van der Waals surface area contributed by atoms with E-state index in [1.807, 2.05) is 60.7 Å². The van der Waals surface area contributed by atoms with Gasteiger partial charge in [0.25, 0.3) is 5.91 Å². The van der Waals surface area contributed by atoms with Crippen molar-refractivity contribution in [3.8, 4) is 17.0 Å². The second kappa shape index (κ2) is 7.70. The molecule has 0 aliphatic carbocycles. The van der Waals surface area contributed by atoms with E-state index in [1.54, 1.807) is 12.3 Å². The molecule has 4 aromatic rings. The Balaban J connectivity index is 1.57. The number of para-hydroxylation sites is 1. The first-order valence-corrected chi connectivity index (χ1v) is 8.72. The van der Waals surface area contributed by atoms with Crippen LogP contribution in [0.3, 0.4) is 0 Å². The smallest absolute Gasteiger partial charge is 0.262 e. The number of fused-ring (bicyclic) bond motifs is 1. The Labute approximate surface area is 157 Å². The number of nitrogens with one attached hydrogen (secondary N) is 1. The average molecular weight is 354 g/mol. The number of hydrogen-bond acceptors (Lipinski definition) is 3. The second-order valence-corrected chi connectivity index (χ2v) is 6.08. The maximum absolute atomic E-state index is 12.2. The Morgan fingerprint density at radius 2 is 1.63 bits per heavy atom. The maximum Gasteiger partial charge on any atom is 0.262 e. The molecule has 1 aromatic heterocycles. The molecule has 1 N–H and O–H groups in total. The normalized spacial score (nSPS) is 10.5. The van der Waals surface area contributed by atoms with Gasteiger partial charge in [-0.3, -0.25) is 9.78 Å². The minimum atomic E-state index is -0.214. The minimum Gasteiger partial charge on any atom is -0.481 e. The lowest BCUT2D eigenvalue weighted by molar-refractivity contribution is -0.118. The summed E-state index contributed by atoms with van der Waals surface area (Å²) < 4.78 is 5.80. The molecule has 3 aromatic carbocycles. The molecule has 4 nitrogen and oxygen atoms in total. The summed E-state index contributed by atoms with van der Waals surface area (Å²) in [5, 5.41) is 5.04. The van der Waals surface area contributed by atoms with E-state index < -0.39 is 0 Å². The lowest BCUT2D eigenvalue weighted by Gasteiger charge is -2.12. The summed E-state index contributed by atoms with van der Waals surface area (Å²) in [7, 11) is 0. The molecule has 27 heavy (non-hydrogen) atoms. The van der Waals surface area contributed by atoms with E-state index >= 15 is 0 Å². The van der Waals surface area contributed by atoms with Crippen LogP contribution in [0.25, 0.3) is 22.0 Å². The van der Waals surface area contributed by atoms with Crippen LogP contribution in [0.1, 0.15) is 0 Å². The van der Waals surface area contributed by atoms with E-state index in [-0.39, 0.29) is 12.5 Å². The lowest BCUT2D eigenvalue weighted by atomic mass is 10.0. The molecule has 4 heteroatoms. The number of pyridine rings is 1. The van der Waals surface area contributed by atoms with Crippen molar-refractivity contribution in [3.05, 3.63) is 91.1 Å². The van der Waals surface area contributed by atoms with Gasteiger partial charge in [-0.2, -0.15) is 0 Å². The molecule has 0 unspecified atom stereocenters. The van der Waals surface area contributed by atoms with E-state index in [1.165, 1.54) is 0 Å². The first-order valence-electron chi connectivity index (χ1n) is 8.72. The van der Waals surface area contributed by atoms with Crippen molar-refractivity contribution in [1.82, 2.24) is 4.98 Å². The van der Waals surface area contributed by atoms with Crippen LogP contribution in [0.2, 0.25) is 0 Å². The lowest BCUT2D eigenvalue weighted by Crippen LogP contribution is -2.20. The third-order valence-corrected chi connectivity index (χ3v) is 4.23. The van der Waals surface area contributed by atoms with Gasteiger partial charge in [-0.15, -0.1) is 0 Å². The van der Waals surface area contributed by atoms with E-state index in [0.29, 0.717) is 5.75 Å². The number of benzene rings is 3. The van der Waals surface area contributed by atoms with Gasteiger partial charge in [-0.1, -0.05) is 60.7 Å². The van der Waals surface area contributed by atoms with Crippen molar-refractivity contribution in [2.45, 2.75) is 0 Å². The van der Waals surface area contributed by atoms with Gasteiger partial charge in [-0.05, 0) is 35.0 Å². The van der Waals surface area contributed by atoms with E-state index in [2.05, 4.69) is 28.5 Å². The van der Waals surface area contributed by atoms with E-state index in [9.17, 15) is 4.79 Å². The predicted octanol–water partition coefficient (Wildman–Crippen LogP) is 4.92. The van der Waals surface area contributed by atoms with Gasteiger partial charge in [0.05, 0.1) is 0 Å². The number of aromatic nitrogens is 1. The van der Waals surface area contributed by atoms with Crippen LogP contribution in [-0.2, 0) is 4.79 Å². The van der Waals surface area contributed by atoms with Crippen molar-refractivity contribution in [1.29, 1.82) is 0 Å². The Hall–Kier alpha value is -3.66. The van der Waals surface area contributed by atoms with E-state index in [4.69, 9.17) is 4.74 Å². The van der Waals surface area contributed by atoms with Crippen LogP contribution in [-0.4, -0.2) is 17.5 Å². The van der Waals surface area contributed by atoms with Gasteiger partial charge < -0.3 is 10.1 Å². The van der Waals surface area contributed by atoms with Gasteiger partial charge in [0, 0.05) is 17.4 Å². The van der Waals surface area contributed by atoms with Gasteiger partial charge in [0.1, 0.15) is 11.4 Å². The quantitative estimate of drug-likeness (QED) is 0.553. The van der Waals surface area contributed by atoms with Crippen molar-refractivity contribution in [2.75, 3.05) is 11.9 Å². The third kappa shape index (κ3) is 3.80. The molecule has 0 radical (unpaired) electrons. The monoisotopic (exact) mass is 354 g/mol. The van der Waals surface area contributed by atoms with Crippen LogP contribution in [0.5, 0.6) is 5.75 Å². The van der Waals surface area contributed by atoms with Crippen molar-refractivity contribution in [2.24, 2.45) is 0 Å². The minimum absolute atomic E-state index is 0.0850. The summed E-state index contributed by atoms with van der Waals surface area (Å²) >= 11 is 0. The molecular formula is C23H18N2O2. The van der Waals surface area contributed by atoms with Crippen LogP contribution in [0.4, 0.5) is 5.69 Å². The summed E-state index contributed by atoms with van der Waals surface area (Å²) in [5.74, 6) is 0.367. The van der Waals surface area contributed by atoms with Crippen molar-refractivity contribution >= 4 is 22.4 Å². The first kappa shape index (κ1) is 16.8. The molecule has 0 aliphatic rings. The highest BCUT2D eigenvalue weighted by molar-refractivity contribution is 5.97. The fourth-order valence-corrected chi connectivity index (χ4v) is 3.00. The van der Waals surface area contributed by atoms with Crippen molar-refractivity contribution < 1.29 is 9.53 Å². The molecule has 4 rings (SSSR count). The Morgan fingerprint density at radius 3 is 2.52 bits per heavy atom. The summed E-state index contributed by atoms with van der Waals surface area (Å²) in [5.41, 5.74) is 2.44. The number of carbonyl (C=O) groups is 1. The number of rotatable bonds is 5. The molecule has 0 fully saturated rings. The summed E-state index contributed by atoms with van der Waals surface area (Å²) in [6, 6.07) is 27.2. The molecule has 1 heterocycles. The molecule has 1 amide bonds. The van der Waals surface area contributed by atoms with Gasteiger partial charge >= 0.3 is 0 Å². The summed E-state index contributed by atoms with van der Waals surface area (Å²) in [6.07, 6.45) is 1.73. The molecule has 0 atom stereocenters. The van der Waals surface area contributed by atoms with Gasteiger partial charge in [-0.25, -0.2) is 0 Å². The number of ether oxygens (including phenoxy) is 1. The Kier molecular flexibility index (Phi) is 4.79. The number of carbonyl (C=O) groups excluding carboxylic acids is 1. The predicted molar refractivity (Wildman–Crippen MR) is 108 cm³/mol. The van der Waals surface area contributed by atoms with Crippen LogP contribution in [0.15, 0.2) is 91.1 Å². The zero-order valence-corrected chi connectivity index (χ0v) is 14.6. The van der Waals surface area contributed by atoms with Crippen LogP contribution >= 0.6 is 0 Å². The highest BCUT2D eigenvalue weighted by Gasteiger charge is 2.12.